The van der Waals surface area contributed by atoms with Gasteiger partial charge in [-0.2, -0.15) is 13.2 Å². The summed E-state index contributed by atoms with van der Waals surface area (Å²) >= 11 is 0. The van der Waals surface area contributed by atoms with Crippen LogP contribution in [0, 0.1) is 0 Å². The van der Waals surface area contributed by atoms with E-state index < -0.39 is 23.2 Å². The van der Waals surface area contributed by atoms with Crippen LogP contribution in [0.2, 0.25) is 0 Å². The minimum absolute atomic E-state index is 0.0581. The maximum absolute atomic E-state index is 12.6. The Kier molecular flexibility index (Phi) is 3.87. The molecule has 0 aromatic heterocycles. The second-order valence-corrected chi connectivity index (χ2v) is 3.91. The molecule has 4 N–H and O–H groups in total. The van der Waals surface area contributed by atoms with Gasteiger partial charge < -0.3 is 15.9 Å². The number of hydrogen-bond acceptors (Lipinski definition) is 3. The minimum atomic E-state index is -4.69. The van der Waals surface area contributed by atoms with E-state index in [2.05, 4.69) is 0 Å². The Morgan fingerprint density at radius 3 is 2.35 bits per heavy atom. The van der Waals surface area contributed by atoms with Crippen molar-refractivity contribution in [2.75, 3.05) is 6.54 Å². The number of phenols is 2. The van der Waals surface area contributed by atoms with Crippen LogP contribution in [0.1, 0.15) is 30.4 Å². The third kappa shape index (κ3) is 3.03. The molecule has 0 saturated carbocycles. The Morgan fingerprint density at radius 1 is 1.29 bits per heavy atom. The SMILES string of the molecule is CC(CCN)c1cc(O)cc(C(F)(F)F)c1O. The van der Waals surface area contributed by atoms with Gasteiger partial charge in [0.25, 0.3) is 0 Å². The van der Waals surface area contributed by atoms with E-state index in [4.69, 9.17) is 5.73 Å². The van der Waals surface area contributed by atoms with Crippen molar-refractivity contribution in [1.29, 1.82) is 0 Å². The maximum atomic E-state index is 12.6. The number of benzene rings is 1. The Labute approximate surface area is 96.7 Å². The molecular formula is C11H14F3NO2. The van der Waals surface area contributed by atoms with Gasteiger partial charge in [-0.3, -0.25) is 0 Å². The van der Waals surface area contributed by atoms with Gasteiger partial charge in [-0.15, -0.1) is 0 Å². The van der Waals surface area contributed by atoms with Gasteiger partial charge in [0.1, 0.15) is 17.1 Å². The standard InChI is InChI=1S/C11H14F3NO2/c1-6(2-3-15)8-4-7(16)5-9(10(8)17)11(12,13)14/h4-6,16-17H,2-3,15H2,1H3. The number of halogens is 3. The highest BCUT2D eigenvalue weighted by Crippen LogP contribution is 2.42. The Balaban J connectivity index is 3.28. The van der Waals surface area contributed by atoms with E-state index in [1.807, 2.05) is 0 Å². The van der Waals surface area contributed by atoms with Crippen molar-refractivity contribution < 1.29 is 23.4 Å². The number of hydrogen-bond donors (Lipinski definition) is 3. The number of aromatic hydroxyl groups is 2. The topological polar surface area (TPSA) is 66.5 Å². The Bertz CT molecular complexity index is 404. The predicted molar refractivity (Wildman–Crippen MR) is 56.9 cm³/mol. The van der Waals surface area contributed by atoms with E-state index >= 15 is 0 Å². The molecular weight excluding hydrogens is 235 g/mol. The van der Waals surface area contributed by atoms with Crippen LogP contribution in [0.5, 0.6) is 11.5 Å². The van der Waals surface area contributed by atoms with Gasteiger partial charge in [-0.1, -0.05) is 6.92 Å². The van der Waals surface area contributed by atoms with Crippen molar-refractivity contribution in [2.45, 2.75) is 25.4 Å². The van der Waals surface area contributed by atoms with Crippen LogP contribution in [0.25, 0.3) is 0 Å². The normalized spacial score (nSPS) is 13.7. The lowest BCUT2D eigenvalue weighted by atomic mass is 9.94. The predicted octanol–water partition coefficient (Wildman–Crippen LogP) is 2.57. The average Bonchev–Trinajstić information content (AvgIpc) is 2.19. The lowest BCUT2D eigenvalue weighted by Crippen LogP contribution is -2.09. The van der Waals surface area contributed by atoms with E-state index in [1.54, 1.807) is 6.92 Å². The fraction of sp³-hybridized carbons (Fsp3) is 0.455. The van der Waals surface area contributed by atoms with E-state index in [-0.39, 0.29) is 18.0 Å². The van der Waals surface area contributed by atoms with E-state index in [0.717, 1.165) is 6.07 Å². The third-order valence-electron chi connectivity index (χ3n) is 2.56. The lowest BCUT2D eigenvalue weighted by molar-refractivity contribution is -0.138. The summed E-state index contributed by atoms with van der Waals surface area (Å²) in [6, 6.07) is 1.64. The molecule has 6 heteroatoms. The van der Waals surface area contributed by atoms with Gasteiger partial charge in [-0.25, -0.2) is 0 Å². The largest absolute Gasteiger partial charge is 0.508 e. The van der Waals surface area contributed by atoms with Gasteiger partial charge in [0.05, 0.1) is 0 Å². The number of alkyl halides is 3. The van der Waals surface area contributed by atoms with Gasteiger partial charge in [0, 0.05) is 5.56 Å². The molecule has 1 aromatic rings. The van der Waals surface area contributed by atoms with Crippen LogP contribution in [-0.4, -0.2) is 16.8 Å². The first-order chi connectivity index (χ1) is 7.77. The first kappa shape index (κ1) is 13.6. The Hall–Kier alpha value is -1.43. The van der Waals surface area contributed by atoms with Crippen molar-refractivity contribution in [2.24, 2.45) is 5.73 Å². The average molecular weight is 249 g/mol. The highest BCUT2D eigenvalue weighted by molar-refractivity contribution is 5.48. The fourth-order valence-electron chi connectivity index (χ4n) is 1.64. The van der Waals surface area contributed by atoms with Crippen LogP contribution in [-0.2, 0) is 6.18 Å². The van der Waals surface area contributed by atoms with Gasteiger partial charge in [0.15, 0.2) is 0 Å². The molecule has 1 unspecified atom stereocenters. The summed E-state index contributed by atoms with van der Waals surface area (Å²) in [4.78, 5) is 0. The summed E-state index contributed by atoms with van der Waals surface area (Å²) < 4.78 is 37.7. The molecule has 1 rings (SSSR count). The molecule has 0 spiro atoms. The molecule has 0 aliphatic carbocycles. The van der Waals surface area contributed by atoms with Crippen molar-refractivity contribution in [3.63, 3.8) is 0 Å². The molecule has 0 aliphatic heterocycles. The molecule has 0 amide bonds. The molecule has 0 aliphatic rings. The number of rotatable bonds is 3. The minimum Gasteiger partial charge on any atom is -0.508 e. The summed E-state index contributed by atoms with van der Waals surface area (Å²) in [5, 5.41) is 18.8. The molecule has 1 atom stereocenters. The summed E-state index contributed by atoms with van der Waals surface area (Å²) in [5.41, 5.74) is 4.14. The second-order valence-electron chi connectivity index (χ2n) is 3.91. The van der Waals surface area contributed by atoms with E-state index in [1.165, 1.54) is 0 Å². The van der Waals surface area contributed by atoms with Crippen LogP contribution in [0.3, 0.4) is 0 Å². The molecule has 3 nitrogen and oxygen atoms in total. The lowest BCUT2D eigenvalue weighted by Gasteiger charge is -2.17. The van der Waals surface area contributed by atoms with E-state index in [0.29, 0.717) is 12.5 Å². The zero-order valence-electron chi connectivity index (χ0n) is 9.25. The molecule has 0 saturated heterocycles. The molecule has 17 heavy (non-hydrogen) atoms. The molecule has 0 bridgehead atoms. The van der Waals surface area contributed by atoms with Gasteiger partial charge in [-0.05, 0) is 31.0 Å². The monoisotopic (exact) mass is 249 g/mol. The van der Waals surface area contributed by atoms with Crippen LogP contribution < -0.4 is 5.73 Å². The zero-order valence-corrected chi connectivity index (χ0v) is 9.25. The Morgan fingerprint density at radius 2 is 1.88 bits per heavy atom. The third-order valence-corrected chi connectivity index (χ3v) is 2.56. The van der Waals surface area contributed by atoms with Gasteiger partial charge in [0.2, 0.25) is 0 Å². The van der Waals surface area contributed by atoms with Crippen molar-refractivity contribution in [3.05, 3.63) is 23.3 Å². The summed E-state index contributed by atoms with van der Waals surface area (Å²) in [6.45, 7) is 1.93. The number of phenolic OH excluding ortho intramolecular Hbond substituents is 2. The van der Waals surface area contributed by atoms with Gasteiger partial charge >= 0.3 is 6.18 Å². The molecule has 0 radical (unpaired) electrons. The summed E-state index contributed by atoms with van der Waals surface area (Å²) in [6.07, 6.45) is -4.27. The van der Waals surface area contributed by atoms with Crippen molar-refractivity contribution >= 4 is 0 Å². The first-order valence-electron chi connectivity index (χ1n) is 5.10. The molecule has 0 fully saturated rings. The quantitative estimate of drug-likeness (QED) is 0.721. The number of nitrogens with two attached hydrogens (primary N) is 1. The second kappa shape index (κ2) is 4.83. The van der Waals surface area contributed by atoms with Crippen LogP contribution in [0.4, 0.5) is 13.2 Å². The maximum Gasteiger partial charge on any atom is 0.420 e. The highest BCUT2D eigenvalue weighted by Gasteiger charge is 2.36. The zero-order chi connectivity index (χ0) is 13.2. The molecule has 0 heterocycles. The van der Waals surface area contributed by atoms with E-state index in [9.17, 15) is 23.4 Å². The summed E-state index contributed by atoms with van der Waals surface area (Å²) in [5.74, 6) is -1.71. The first-order valence-corrected chi connectivity index (χ1v) is 5.10. The summed E-state index contributed by atoms with van der Waals surface area (Å²) in [7, 11) is 0. The fourth-order valence-corrected chi connectivity index (χ4v) is 1.64. The highest BCUT2D eigenvalue weighted by atomic mass is 19.4. The molecule has 1 aromatic carbocycles. The molecule has 96 valence electrons. The van der Waals surface area contributed by atoms with Crippen molar-refractivity contribution in [1.82, 2.24) is 0 Å². The van der Waals surface area contributed by atoms with Crippen LogP contribution >= 0.6 is 0 Å². The van der Waals surface area contributed by atoms with Crippen LogP contribution in [0.15, 0.2) is 12.1 Å². The smallest absolute Gasteiger partial charge is 0.420 e. The van der Waals surface area contributed by atoms with Crippen molar-refractivity contribution in [3.8, 4) is 11.5 Å².